The summed E-state index contributed by atoms with van der Waals surface area (Å²) in [5, 5.41) is 3.63. The first-order valence-electron chi connectivity index (χ1n) is 8.42. The topological polar surface area (TPSA) is 67.3 Å². The van der Waals surface area contributed by atoms with Crippen molar-refractivity contribution in [3.05, 3.63) is 47.3 Å². The van der Waals surface area contributed by atoms with E-state index in [1.165, 1.54) is 11.8 Å². The molecule has 1 amide bonds. The van der Waals surface area contributed by atoms with Crippen molar-refractivity contribution in [3.63, 3.8) is 0 Å². The summed E-state index contributed by atoms with van der Waals surface area (Å²) < 4.78 is 5.45. The summed E-state index contributed by atoms with van der Waals surface area (Å²) in [6.07, 6.45) is 0. The fourth-order valence-corrected chi connectivity index (χ4v) is 3.44. The van der Waals surface area contributed by atoms with Crippen molar-refractivity contribution >= 4 is 17.7 Å². The van der Waals surface area contributed by atoms with Crippen LogP contribution >= 0.6 is 11.8 Å². The van der Waals surface area contributed by atoms with Crippen LogP contribution < -0.4 is 10.1 Å². The van der Waals surface area contributed by atoms with Crippen molar-refractivity contribution in [3.8, 4) is 5.75 Å². The normalized spacial score (nSPS) is 12.1. The minimum atomic E-state index is -0.0421. The van der Waals surface area contributed by atoms with Crippen LogP contribution in [0.2, 0.25) is 0 Å². The number of likely N-dealkylation sites (N-methyl/N-ethyl adjacent to an activating group) is 1. The van der Waals surface area contributed by atoms with E-state index in [2.05, 4.69) is 20.2 Å². The van der Waals surface area contributed by atoms with E-state index in [1.807, 2.05) is 58.3 Å². The van der Waals surface area contributed by atoms with E-state index in [9.17, 15) is 4.79 Å². The first kappa shape index (κ1) is 20.2. The molecule has 0 aliphatic rings. The summed E-state index contributed by atoms with van der Waals surface area (Å²) >= 11 is 1.35. The number of benzene rings is 1. The highest BCUT2D eigenvalue weighted by Gasteiger charge is 2.19. The Morgan fingerprint density at radius 2 is 1.88 bits per heavy atom. The number of hydrogen-bond acceptors (Lipinski definition) is 6. The van der Waals surface area contributed by atoms with Crippen molar-refractivity contribution in [2.24, 2.45) is 0 Å². The van der Waals surface area contributed by atoms with Crippen molar-refractivity contribution in [2.45, 2.75) is 25.0 Å². The van der Waals surface area contributed by atoms with Crippen LogP contribution in [0.15, 0.2) is 35.5 Å². The predicted octanol–water partition coefficient (Wildman–Crippen LogP) is 2.61. The molecule has 0 fully saturated rings. The summed E-state index contributed by atoms with van der Waals surface area (Å²) in [7, 11) is 5.63. The molecule has 140 valence electrons. The van der Waals surface area contributed by atoms with Gasteiger partial charge in [0.05, 0.1) is 18.9 Å². The molecule has 0 aliphatic heterocycles. The van der Waals surface area contributed by atoms with Crippen LogP contribution in [0.4, 0.5) is 0 Å². The molecular weight excluding hydrogens is 348 g/mol. The molecule has 1 atom stereocenters. The summed E-state index contributed by atoms with van der Waals surface area (Å²) in [5.74, 6) is 1.06. The van der Waals surface area contributed by atoms with Crippen LogP contribution in [-0.2, 0) is 4.79 Å². The second kappa shape index (κ2) is 9.54. The molecule has 0 aliphatic carbocycles. The maximum atomic E-state index is 12.3. The van der Waals surface area contributed by atoms with Crippen molar-refractivity contribution < 1.29 is 9.53 Å². The number of para-hydroxylation sites is 1. The van der Waals surface area contributed by atoms with Gasteiger partial charge in [0.25, 0.3) is 0 Å². The number of thioether (sulfide) groups is 1. The second-order valence-electron chi connectivity index (χ2n) is 6.25. The summed E-state index contributed by atoms with van der Waals surface area (Å²) in [6.45, 7) is 4.35. The lowest BCUT2D eigenvalue weighted by Gasteiger charge is -2.26. The number of hydrogen-bond donors (Lipinski definition) is 1. The Balaban J connectivity index is 1.95. The van der Waals surface area contributed by atoms with Crippen LogP contribution in [0.3, 0.4) is 0 Å². The number of amides is 1. The Kier molecular flexibility index (Phi) is 7.41. The van der Waals surface area contributed by atoms with E-state index >= 15 is 0 Å². The van der Waals surface area contributed by atoms with Gasteiger partial charge in [-0.1, -0.05) is 30.0 Å². The van der Waals surface area contributed by atoms with E-state index in [1.54, 1.807) is 7.11 Å². The van der Waals surface area contributed by atoms with Crippen LogP contribution in [0.5, 0.6) is 5.75 Å². The minimum Gasteiger partial charge on any atom is -0.496 e. The van der Waals surface area contributed by atoms with Crippen molar-refractivity contribution in [1.29, 1.82) is 0 Å². The molecule has 1 unspecified atom stereocenters. The Labute approximate surface area is 159 Å². The van der Waals surface area contributed by atoms with Crippen molar-refractivity contribution in [1.82, 2.24) is 20.2 Å². The predicted molar refractivity (Wildman–Crippen MR) is 105 cm³/mol. The number of ether oxygens (including phenoxy) is 1. The Bertz CT molecular complexity index is 732. The number of aryl methyl sites for hydroxylation is 2. The molecule has 0 spiro atoms. The lowest BCUT2D eigenvalue weighted by atomic mass is 10.0. The first-order chi connectivity index (χ1) is 12.4. The smallest absolute Gasteiger partial charge is 0.230 e. The fourth-order valence-electron chi connectivity index (χ4n) is 2.66. The summed E-state index contributed by atoms with van der Waals surface area (Å²) in [4.78, 5) is 23.0. The molecule has 1 aromatic carbocycles. The molecule has 1 N–H and O–H groups in total. The largest absolute Gasteiger partial charge is 0.496 e. The van der Waals surface area contributed by atoms with Gasteiger partial charge >= 0.3 is 0 Å². The van der Waals surface area contributed by atoms with Gasteiger partial charge in [-0.25, -0.2) is 9.97 Å². The Hall–Kier alpha value is -2.12. The van der Waals surface area contributed by atoms with E-state index in [4.69, 9.17) is 4.74 Å². The van der Waals surface area contributed by atoms with Gasteiger partial charge in [0.15, 0.2) is 5.16 Å². The van der Waals surface area contributed by atoms with Gasteiger partial charge in [-0.15, -0.1) is 0 Å². The molecule has 2 rings (SSSR count). The number of carbonyl (C=O) groups excluding carboxylic acids is 1. The highest BCUT2D eigenvalue weighted by Crippen LogP contribution is 2.27. The number of nitrogens with one attached hydrogen (secondary N) is 1. The van der Waals surface area contributed by atoms with E-state index in [0.29, 0.717) is 11.7 Å². The standard InChI is InChI=1S/C19H26N4O2S/c1-13-10-14(2)22-19(21-13)26-12-18(24)20-11-16(23(3)4)15-8-6-7-9-17(15)25-5/h6-10,16H,11-12H2,1-5H3,(H,20,24). The molecule has 6 nitrogen and oxygen atoms in total. The van der Waals surface area contributed by atoms with E-state index < -0.39 is 0 Å². The molecule has 0 radical (unpaired) electrons. The average molecular weight is 375 g/mol. The van der Waals surface area contributed by atoms with Gasteiger partial charge in [0.1, 0.15) is 5.75 Å². The molecular formula is C19H26N4O2S. The molecule has 1 heterocycles. The maximum Gasteiger partial charge on any atom is 0.230 e. The maximum absolute atomic E-state index is 12.3. The molecule has 1 aromatic heterocycles. The third kappa shape index (κ3) is 5.71. The summed E-state index contributed by atoms with van der Waals surface area (Å²) in [5.41, 5.74) is 2.86. The molecule has 0 saturated heterocycles. The number of carbonyl (C=O) groups is 1. The number of rotatable bonds is 8. The zero-order valence-electron chi connectivity index (χ0n) is 15.9. The first-order valence-corrected chi connectivity index (χ1v) is 9.40. The molecule has 2 aromatic rings. The van der Waals surface area contributed by atoms with Gasteiger partial charge in [-0.3, -0.25) is 4.79 Å². The Morgan fingerprint density at radius 3 is 2.50 bits per heavy atom. The number of nitrogens with zero attached hydrogens (tertiary/aromatic N) is 3. The van der Waals surface area contributed by atoms with E-state index in [-0.39, 0.29) is 17.7 Å². The fraction of sp³-hybridized carbons (Fsp3) is 0.421. The Morgan fingerprint density at radius 1 is 1.23 bits per heavy atom. The highest BCUT2D eigenvalue weighted by atomic mass is 32.2. The molecule has 0 bridgehead atoms. The van der Waals surface area contributed by atoms with Crippen LogP contribution in [-0.4, -0.2) is 54.3 Å². The third-order valence-corrected chi connectivity index (χ3v) is 4.76. The lowest BCUT2D eigenvalue weighted by Crippen LogP contribution is -2.35. The van der Waals surface area contributed by atoms with Gasteiger partial charge < -0.3 is 15.0 Å². The zero-order chi connectivity index (χ0) is 19.1. The van der Waals surface area contributed by atoms with Gasteiger partial charge in [0, 0.05) is 23.5 Å². The summed E-state index contributed by atoms with van der Waals surface area (Å²) in [6, 6.07) is 9.81. The average Bonchev–Trinajstić information content (AvgIpc) is 2.59. The molecule has 0 saturated carbocycles. The number of methoxy groups -OCH3 is 1. The molecule has 7 heteroatoms. The van der Waals surface area contributed by atoms with E-state index in [0.717, 1.165) is 22.7 Å². The SMILES string of the molecule is COc1ccccc1C(CNC(=O)CSc1nc(C)cc(C)n1)N(C)C. The quantitative estimate of drug-likeness (QED) is 0.566. The zero-order valence-corrected chi connectivity index (χ0v) is 16.8. The van der Waals surface area contributed by atoms with Crippen molar-refractivity contribution in [2.75, 3.05) is 33.5 Å². The lowest BCUT2D eigenvalue weighted by molar-refractivity contribution is -0.118. The van der Waals surface area contributed by atoms with Crippen LogP contribution in [0.1, 0.15) is 23.0 Å². The highest BCUT2D eigenvalue weighted by molar-refractivity contribution is 7.99. The minimum absolute atomic E-state index is 0.0255. The van der Waals surface area contributed by atoms with Gasteiger partial charge in [-0.2, -0.15) is 0 Å². The number of aromatic nitrogens is 2. The molecule has 26 heavy (non-hydrogen) atoms. The monoisotopic (exact) mass is 374 g/mol. The second-order valence-corrected chi connectivity index (χ2v) is 7.19. The van der Waals surface area contributed by atoms with Crippen LogP contribution in [0, 0.1) is 13.8 Å². The van der Waals surface area contributed by atoms with Gasteiger partial charge in [-0.05, 0) is 40.1 Å². The van der Waals surface area contributed by atoms with Crippen LogP contribution in [0.25, 0.3) is 0 Å². The third-order valence-electron chi connectivity index (χ3n) is 3.91. The van der Waals surface area contributed by atoms with Gasteiger partial charge in [0.2, 0.25) is 5.91 Å².